The van der Waals surface area contributed by atoms with Crippen LogP contribution in [0, 0.1) is 13.8 Å². The first-order valence-corrected chi connectivity index (χ1v) is 6.98. The fourth-order valence-corrected chi connectivity index (χ4v) is 2.61. The summed E-state index contributed by atoms with van der Waals surface area (Å²) >= 11 is 6.22. The quantitative estimate of drug-likeness (QED) is 0.888. The zero-order chi connectivity index (χ0) is 14.0. The van der Waals surface area contributed by atoms with Crippen molar-refractivity contribution in [3.05, 3.63) is 57.9 Å². The first-order chi connectivity index (χ1) is 9.00. The molecule has 1 unspecified atom stereocenters. The molecule has 2 aromatic rings. The van der Waals surface area contributed by atoms with Crippen LogP contribution in [0.4, 0.5) is 0 Å². The van der Waals surface area contributed by atoms with E-state index in [1.807, 2.05) is 18.2 Å². The second kappa shape index (κ2) is 5.81. The second-order valence-corrected chi connectivity index (χ2v) is 5.49. The molecular formula is C16H21ClN2. The highest BCUT2D eigenvalue weighted by atomic mass is 35.5. The summed E-state index contributed by atoms with van der Waals surface area (Å²) in [5.74, 6) is 0. The third-order valence-electron chi connectivity index (χ3n) is 3.85. The number of nitrogens with zero attached hydrogens (tertiary/aromatic N) is 1. The van der Waals surface area contributed by atoms with Crippen LogP contribution in [-0.4, -0.2) is 4.57 Å². The maximum absolute atomic E-state index is 6.22. The molecule has 0 fully saturated rings. The fraction of sp³-hybridized carbons (Fsp3) is 0.375. The summed E-state index contributed by atoms with van der Waals surface area (Å²) in [6, 6.07) is 10.5. The highest BCUT2D eigenvalue weighted by Crippen LogP contribution is 2.23. The Labute approximate surface area is 120 Å². The Morgan fingerprint density at radius 3 is 2.53 bits per heavy atom. The first kappa shape index (κ1) is 14.2. The van der Waals surface area contributed by atoms with Gasteiger partial charge in [-0.05, 0) is 44.0 Å². The van der Waals surface area contributed by atoms with E-state index in [0.717, 1.165) is 17.1 Å². The van der Waals surface area contributed by atoms with Crippen LogP contribution in [0.15, 0.2) is 30.3 Å². The minimum Gasteiger partial charge on any atom is -0.352 e. The Morgan fingerprint density at radius 2 is 1.95 bits per heavy atom. The van der Waals surface area contributed by atoms with Crippen molar-refractivity contribution in [3.8, 4) is 0 Å². The first-order valence-electron chi connectivity index (χ1n) is 6.60. The highest BCUT2D eigenvalue weighted by molar-refractivity contribution is 6.31. The molecule has 0 spiro atoms. The molecule has 0 aliphatic carbocycles. The van der Waals surface area contributed by atoms with Crippen LogP contribution in [-0.2, 0) is 13.6 Å². The van der Waals surface area contributed by atoms with E-state index in [4.69, 9.17) is 11.6 Å². The van der Waals surface area contributed by atoms with E-state index >= 15 is 0 Å². The molecule has 2 nitrogen and oxygen atoms in total. The molecule has 1 N–H and O–H groups in total. The molecule has 0 aliphatic rings. The van der Waals surface area contributed by atoms with Crippen LogP contribution < -0.4 is 5.32 Å². The van der Waals surface area contributed by atoms with Gasteiger partial charge in [-0.1, -0.05) is 29.8 Å². The van der Waals surface area contributed by atoms with E-state index in [0.29, 0.717) is 0 Å². The summed E-state index contributed by atoms with van der Waals surface area (Å²) in [5.41, 5.74) is 5.10. The Bertz CT molecular complexity index is 572. The molecule has 3 heteroatoms. The number of hydrogen-bond acceptors (Lipinski definition) is 1. The van der Waals surface area contributed by atoms with Crippen molar-refractivity contribution in [2.75, 3.05) is 0 Å². The summed E-state index contributed by atoms with van der Waals surface area (Å²) in [6.45, 7) is 7.30. The van der Waals surface area contributed by atoms with Crippen molar-refractivity contribution < 1.29 is 0 Å². The van der Waals surface area contributed by atoms with Gasteiger partial charge in [-0.2, -0.15) is 0 Å². The molecule has 2 rings (SSSR count). The topological polar surface area (TPSA) is 17.0 Å². The van der Waals surface area contributed by atoms with Gasteiger partial charge in [0.25, 0.3) is 0 Å². The number of aryl methyl sites for hydroxylation is 1. The normalized spacial score (nSPS) is 12.7. The molecule has 19 heavy (non-hydrogen) atoms. The average Bonchev–Trinajstić information content (AvgIpc) is 2.64. The van der Waals surface area contributed by atoms with Gasteiger partial charge in [0.15, 0.2) is 0 Å². The summed E-state index contributed by atoms with van der Waals surface area (Å²) in [4.78, 5) is 0. The Kier molecular flexibility index (Phi) is 4.33. The largest absolute Gasteiger partial charge is 0.352 e. The van der Waals surface area contributed by atoms with Gasteiger partial charge in [0, 0.05) is 36.0 Å². The zero-order valence-corrected chi connectivity index (χ0v) is 12.8. The summed E-state index contributed by atoms with van der Waals surface area (Å²) in [6.07, 6.45) is 0. The van der Waals surface area contributed by atoms with Crippen molar-refractivity contribution in [2.45, 2.75) is 33.4 Å². The third-order valence-corrected chi connectivity index (χ3v) is 4.19. The maximum atomic E-state index is 6.22. The molecule has 0 amide bonds. The lowest BCUT2D eigenvalue weighted by molar-refractivity contribution is 0.573. The van der Waals surface area contributed by atoms with Gasteiger partial charge < -0.3 is 9.88 Å². The van der Waals surface area contributed by atoms with Crippen molar-refractivity contribution in [1.29, 1.82) is 0 Å². The van der Waals surface area contributed by atoms with Gasteiger partial charge in [-0.25, -0.2) is 0 Å². The van der Waals surface area contributed by atoms with Gasteiger partial charge in [0.2, 0.25) is 0 Å². The van der Waals surface area contributed by atoms with Crippen LogP contribution in [0.3, 0.4) is 0 Å². The van der Waals surface area contributed by atoms with Gasteiger partial charge in [-0.15, -0.1) is 0 Å². The molecule has 0 bridgehead atoms. The van der Waals surface area contributed by atoms with E-state index in [-0.39, 0.29) is 6.04 Å². The van der Waals surface area contributed by atoms with Crippen molar-refractivity contribution in [3.63, 3.8) is 0 Å². The molecule has 1 heterocycles. The van der Waals surface area contributed by atoms with Gasteiger partial charge in [0.1, 0.15) is 0 Å². The lowest BCUT2D eigenvalue weighted by atomic mass is 10.1. The van der Waals surface area contributed by atoms with E-state index < -0.39 is 0 Å². The lowest BCUT2D eigenvalue weighted by Crippen LogP contribution is -2.18. The van der Waals surface area contributed by atoms with Crippen molar-refractivity contribution >= 4 is 11.6 Å². The fourth-order valence-electron chi connectivity index (χ4n) is 2.31. The molecule has 102 valence electrons. The Hall–Kier alpha value is -1.25. The number of benzene rings is 1. The van der Waals surface area contributed by atoms with Gasteiger partial charge in [-0.3, -0.25) is 0 Å². The Morgan fingerprint density at radius 1 is 1.26 bits per heavy atom. The molecule has 1 aromatic heterocycles. The van der Waals surface area contributed by atoms with Crippen LogP contribution in [0.5, 0.6) is 0 Å². The zero-order valence-electron chi connectivity index (χ0n) is 12.0. The predicted molar refractivity (Wildman–Crippen MR) is 81.6 cm³/mol. The van der Waals surface area contributed by atoms with Crippen LogP contribution >= 0.6 is 11.6 Å². The van der Waals surface area contributed by atoms with Crippen LogP contribution in [0.2, 0.25) is 5.02 Å². The number of nitrogens with one attached hydrogen (secondary N) is 1. The van der Waals surface area contributed by atoms with E-state index in [9.17, 15) is 0 Å². The summed E-state index contributed by atoms with van der Waals surface area (Å²) in [5, 5.41) is 4.36. The van der Waals surface area contributed by atoms with Crippen molar-refractivity contribution in [1.82, 2.24) is 9.88 Å². The average molecular weight is 277 g/mol. The van der Waals surface area contributed by atoms with Gasteiger partial charge in [0.05, 0.1) is 0 Å². The minimum atomic E-state index is 0.244. The Balaban J connectivity index is 2.06. The number of halogens is 1. The summed E-state index contributed by atoms with van der Waals surface area (Å²) < 4.78 is 2.22. The summed E-state index contributed by atoms with van der Waals surface area (Å²) in [7, 11) is 2.10. The van der Waals surface area contributed by atoms with E-state index in [1.165, 1.54) is 17.0 Å². The molecule has 1 aromatic carbocycles. The van der Waals surface area contributed by atoms with Gasteiger partial charge >= 0.3 is 0 Å². The number of hydrogen-bond donors (Lipinski definition) is 1. The standard InChI is InChI=1S/C16H21ClN2/c1-11-9-14(13(3)19(11)4)10-18-12(2)15-7-5-6-8-16(15)17/h5-9,12,18H,10H2,1-4H3. The lowest BCUT2D eigenvalue weighted by Gasteiger charge is -2.15. The molecule has 0 saturated heterocycles. The predicted octanol–water partition coefficient (Wildman–Crippen LogP) is 4.15. The van der Waals surface area contributed by atoms with Crippen molar-refractivity contribution in [2.24, 2.45) is 7.05 Å². The second-order valence-electron chi connectivity index (χ2n) is 5.08. The monoisotopic (exact) mass is 276 g/mol. The smallest absolute Gasteiger partial charge is 0.0453 e. The molecule has 0 saturated carbocycles. The maximum Gasteiger partial charge on any atom is 0.0453 e. The van der Waals surface area contributed by atoms with Crippen LogP contribution in [0.1, 0.15) is 35.5 Å². The molecular weight excluding hydrogens is 256 g/mol. The molecule has 0 aliphatic heterocycles. The van der Waals surface area contributed by atoms with E-state index in [2.05, 4.69) is 49.8 Å². The minimum absolute atomic E-state index is 0.244. The highest BCUT2D eigenvalue weighted by Gasteiger charge is 2.10. The third kappa shape index (κ3) is 3.02. The molecule has 0 radical (unpaired) electrons. The number of rotatable bonds is 4. The number of aromatic nitrogens is 1. The SMILES string of the molecule is Cc1cc(CNC(C)c2ccccc2Cl)c(C)n1C. The van der Waals surface area contributed by atoms with Crippen LogP contribution in [0.25, 0.3) is 0 Å². The molecule has 1 atom stereocenters. The van der Waals surface area contributed by atoms with E-state index in [1.54, 1.807) is 0 Å².